The van der Waals surface area contributed by atoms with Crippen molar-refractivity contribution in [3.05, 3.63) is 92.7 Å². The van der Waals surface area contributed by atoms with Crippen molar-refractivity contribution in [3.63, 3.8) is 0 Å². The summed E-state index contributed by atoms with van der Waals surface area (Å²) in [5.41, 5.74) is 5.12. The van der Waals surface area contributed by atoms with Crippen molar-refractivity contribution in [1.82, 2.24) is 5.32 Å². The van der Waals surface area contributed by atoms with E-state index < -0.39 is 52.9 Å². The van der Waals surface area contributed by atoms with Crippen molar-refractivity contribution >= 4 is 40.8 Å². The molecular formula is C32H34Cl2F3N3O4. The fraction of sp³-hybridized carbons (Fsp3) is 0.375. The van der Waals surface area contributed by atoms with Crippen LogP contribution in [0.2, 0.25) is 10.0 Å². The third-order valence-electron chi connectivity index (χ3n) is 7.81. The molecule has 12 heteroatoms. The molecular weight excluding hydrogens is 618 g/mol. The number of anilines is 1. The number of ether oxygens (including phenoxy) is 2. The molecule has 4 N–H and O–H groups in total. The first-order valence-corrected chi connectivity index (χ1v) is 14.6. The van der Waals surface area contributed by atoms with E-state index in [1.165, 1.54) is 31.4 Å². The van der Waals surface area contributed by atoms with Gasteiger partial charge in [0.05, 0.1) is 36.0 Å². The highest BCUT2D eigenvalue weighted by Crippen LogP contribution is 2.50. The van der Waals surface area contributed by atoms with Gasteiger partial charge in [-0.1, -0.05) is 62.2 Å². The number of nitrogens with two attached hydrogens (primary N) is 1. The summed E-state index contributed by atoms with van der Waals surface area (Å²) in [4.78, 5) is 25.5. The van der Waals surface area contributed by atoms with Crippen LogP contribution in [-0.4, -0.2) is 38.2 Å². The van der Waals surface area contributed by atoms with Crippen molar-refractivity contribution in [3.8, 4) is 5.75 Å². The first kappa shape index (κ1) is 33.6. The summed E-state index contributed by atoms with van der Waals surface area (Å²) in [5.74, 6) is -4.85. The summed E-state index contributed by atoms with van der Waals surface area (Å²) in [5, 5.41) is 6.02. The quantitative estimate of drug-likeness (QED) is 0.228. The predicted molar refractivity (Wildman–Crippen MR) is 164 cm³/mol. The Bertz CT molecular complexity index is 1580. The molecule has 1 heterocycles. The smallest absolute Gasteiger partial charge is 0.340 e. The number of nitrogens with one attached hydrogen (secondary N) is 2. The summed E-state index contributed by atoms with van der Waals surface area (Å²) in [6.07, 6.45) is 0.144. The largest absolute Gasteiger partial charge is 0.495 e. The molecule has 4 atom stereocenters. The van der Waals surface area contributed by atoms with Gasteiger partial charge in [-0.2, -0.15) is 0 Å². The normalized spacial score (nSPS) is 21.7. The Balaban J connectivity index is 1.80. The number of rotatable bonds is 8. The molecule has 236 valence electrons. The highest BCUT2D eigenvalue weighted by Gasteiger charge is 2.56. The third kappa shape index (κ3) is 6.68. The third-order valence-corrected chi connectivity index (χ3v) is 8.34. The molecule has 44 heavy (non-hydrogen) atoms. The molecule has 1 amide bonds. The monoisotopic (exact) mass is 651 g/mol. The molecule has 1 aliphatic rings. The Hall–Kier alpha value is -3.31. The first-order chi connectivity index (χ1) is 20.6. The zero-order valence-corrected chi connectivity index (χ0v) is 26.4. The number of carbonyl (C=O) groups is 2. The van der Waals surface area contributed by atoms with Crippen LogP contribution in [0.15, 0.2) is 48.5 Å². The zero-order valence-electron chi connectivity index (χ0n) is 24.9. The highest BCUT2D eigenvalue weighted by molar-refractivity contribution is 6.31. The lowest BCUT2D eigenvalue weighted by molar-refractivity contribution is -0.116. The molecule has 1 fully saturated rings. The number of esters is 1. The number of methoxy groups -OCH3 is 2. The molecule has 1 aliphatic heterocycles. The van der Waals surface area contributed by atoms with Gasteiger partial charge in [0, 0.05) is 41.1 Å². The highest BCUT2D eigenvalue weighted by atomic mass is 35.5. The van der Waals surface area contributed by atoms with Crippen LogP contribution in [-0.2, 0) is 15.1 Å². The first-order valence-electron chi connectivity index (χ1n) is 13.8. The van der Waals surface area contributed by atoms with E-state index in [-0.39, 0.29) is 50.0 Å². The Morgan fingerprint density at radius 3 is 2.36 bits per heavy atom. The average molecular weight is 653 g/mol. The summed E-state index contributed by atoms with van der Waals surface area (Å²) in [6.45, 7) is 5.96. The van der Waals surface area contributed by atoms with Gasteiger partial charge in [0.15, 0.2) is 0 Å². The van der Waals surface area contributed by atoms with Crippen LogP contribution in [0, 0.1) is 22.9 Å². The van der Waals surface area contributed by atoms with Gasteiger partial charge in [-0.25, -0.2) is 18.0 Å². The molecule has 0 aromatic heterocycles. The van der Waals surface area contributed by atoms with Crippen LogP contribution in [0.5, 0.6) is 5.75 Å². The summed E-state index contributed by atoms with van der Waals surface area (Å²) >= 11 is 12.3. The minimum atomic E-state index is -1.57. The van der Waals surface area contributed by atoms with Gasteiger partial charge in [0.2, 0.25) is 5.91 Å². The number of benzene rings is 3. The lowest BCUT2D eigenvalue weighted by atomic mass is 9.68. The Kier molecular flexibility index (Phi) is 9.90. The van der Waals surface area contributed by atoms with E-state index in [1.54, 1.807) is 6.07 Å². The number of halogens is 5. The van der Waals surface area contributed by atoms with E-state index in [0.29, 0.717) is 6.42 Å². The van der Waals surface area contributed by atoms with E-state index >= 15 is 8.78 Å². The molecule has 3 aromatic rings. The van der Waals surface area contributed by atoms with E-state index in [4.69, 9.17) is 33.7 Å². The van der Waals surface area contributed by atoms with Gasteiger partial charge in [-0.3, -0.25) is 4.79 Å². The summed E-state index contributed by atoms with van der Waals surface area (Å²) in [6, 6.07) is 9.17. The lowest BCUT2D eigenvalue weighted by Gasteiger charge is -2.40. The van der Waals surface area contributed by atoms with Crippen molar-refractivity contribution in [2.24, 2.45) is 11.1 Å². The van der Waals surface area contributed by atoms with Gasteiger partial charge in [-0.15, -0.1) is 0 Å². The van der Waals surface area contributed by atoms with Crippen LogP contribution < -0.4 is 21.1 Å². The van der Waals surface area contributed by atoms with E-state index in [9.17, 15) is 14.0 Å². The lowest BCUT2D eigenvalue weighted by Crippen LogP contribution is -2.52. The minimum Gasteiger partial charge on any atom is -0.495 e. The molecule has 0 saturated carbocycles. The predicted octanol–water partition coefficient (Wildman–Crippen LogP) is 6.95. The van der Waals surface area contributed by atoms with Crippen LogP contribution in [0.25, 0.3) is 0 Å². The van der Waals surface area contributed by atoms with Gasteiger partial charge in [0.1, 0.15) is 23.2 Å². The Morgan fingerprint density at radius 2 is 1.75 bits per heavy atom. The Labute approximate surface area is 264 Å². The van der Waals surface area contributed by atoms with E-state index in [2.05, 4.69) is 15.4 Å². The number of amides is 1. The maximum absolute atomic E-state index is 15.7. The van der Waals surface area contributed by atoms with Gasteiger partial charge in [-0.05, 0) is 41.7 Å². The Morgan fingerprint density at radius 1 is 1.05 bits per heavy atom. The number of hydrogen-bond donors (Lipinski definition) is 3. The molecule has 0 radical (unpaired) electrons. The zero-order chi connectivity index (χ0) is 32.6. The van der Waals surface area contributed by atoms with Crippen LogP contribution in [0.1, 0.15) is 61.0 Å². The van der Waals surface area contributed by atoms with Crippen molar-refractivity contribution < 1.29 is 32.2 Å². The van der Waals surface area contributed by atoms with Crippen molar-refractivity contribution in [2.75, 3.05) is 19.5 Å². The minimum absolute atomic E-state index is 0.0129. The van der Waals surface area contributed by atoms with Gasteiger partial charge >= 0.3 is 5.97 Å². The fourth-order valence-electron chi connectivity index (χ4n) is 5.98. The number of carbonyl (C=O) groups excluding carboxylic acids is 2. The second-order valence-electron chi connectivity index (χ2n) is 12.0. The van der Waals surface area contributed by atoms with Gasteiger partial charge in [0.25, 0.3) is 0 Å². The molecule has 4 rings (SSSR count). The topological polar surface area (TPSA) is 103 Å². The molecule has 3 aromatic carbocycles. The molecule has 7 nitrogen and oxygen atoms in total. The number of hydrogen-bond acceptors (Lipinski definition) is 6. The average Bonchev–Trinajstić information content (AvgIpc) is 3.19. The molecule has 1 saturated heterocycles. The van der Waals surface area contributed by atoms with Crippen molar-refractivity contribution in [2.45, 2.75) is 57.2 Å². The molecule has 0 unspecified atom stereocenters. The van der Waals surface area contributed by atoms with Crippen LogP contribution in [0.3, 0.4) is 0 Å². The standard InChI is InChI=1S/C32H34Cl2F3N3O4/c1-31(2,3)15-26-32(38,19-10-9-16(33)11-22(19)36)28(17-7-6-8-20(34)29(17)37)24(39-26)14-27(41)40-23-13-21(35)18(30(42)44-5)12-25(23)43-4/h6-13,24,26,28,39H,14-15,38H2,1-5H3,(H,40,41)/t24-,26-,28-,32+/m0/s1. The maximum atomic E-state index is 15.7. The molecule has 0 spiro atoms. The second kappa shape index (κ2) is 13.0. The van der Waals surface area contributed by atoms with Gasteiger partial charge < -0.3 is 25.8 Å². The molecule has 0 bridgehead atoms. The van der Waals surface area contributed by atoms with E-state index in [0.717, 1.165) is 25.3 Å². The SMILES string of the molecule is COC(=O)c1cc(OC)c(NC(=O)C[C@@H]2N[C@@H](CC(C)(C)C)[C@](N)(c3ccc(Cl)cc3F)[C@H]2c2cccc(Cl)c2F)cc1F. The summed E-state index contributed by atoms with van der Waals surface area (Å²) < 4.78 is 56.0. The van der Waals surface area contributed by atoms with Crippen LogP contribution >= 0.6 is 23.2 Å². The van der Waals surface area contributed by atoms with Crippen molar-refractivity contribution in [1.29, 1.82) is 0 Å². The molecule has 0 aliphatic carbocycles. The second-order valence-corrected chi connectivity index (χ2v) is 12.9. The van der Waals surface area contributed by atoms with Crippen LogP contribution in [0.4, 0.5) is 18.9 Å². The van der Waals surface area contributed by atoms with E-state index in [1.807, 2.05) is 20.8 Å². The maximum Gasteiger partial charge on any atom is 0.340 e. The fourth-order valence-corrected chi connectivity index (χ4v) is 6.32. The summed E-state index contributed by atoms with van der Waals surface area (Å²) in [7, 11) is 2.40.